The smallest absolute Gasteiger partial charge is 0.0702 e. The van der Waals surface area contributed by atoms with Crippen molar-refractivity contribution in [2.75, 3.05) is 33.4 Å². The van der Waals surface area contributed by atoms with Crippen LogP contribution in [0.2, 0.25) is 0 Å². The molecule has 2 aliphatic heterocycles. The third-order valence-corrected chi connectivity index (χ3v) is 4.76. The maximum Gasteiger partial charge on any atom is 0.0702 e. The molecule has 0 aromatic heterocycles. The lowest BCUT2D eigenvalue weighted by Crippen LogP contribution is -2.60. The van der Waals surface area contributed by atoms with Gasteiger partial charge in [-0.25, -0.2) is 0 Å². The first-order chi connectivity index (χ1) is 8.97. The molecular weight excluding hydrogens is 240 g/mol. The molecule has 2 fully saturated rings. The van der Waals surface area contributed by atoms with Crippen molar-refractivity contribution in [2.45, 2.75) is 63.2 Å². The summed E-state index contributed by atoms with van der Waals surface area (Å²) in [6, 6.07) is 0. The second-order valence-corrected chi connectivity index (χ2v) is 6.83. The van der Waals surface area contributed by atoms with Crippen molar-refractivity contribution in [3.8, 4) is 0 Å². The van der Waals surface area contributed by atoms with Crippen LogP contribution in [0.4, 0.5) is 0 Å². The topological polar surface area (TPSA) is 47.7 Å². The van der Waals surface area contributed by atoms with Crippen molar-refractivity contribution in [1.82, 2.24) is 4.90 Å². The number of ether oxygens (including phenoxy) is 2. The van der Waals surface area contributed by atoms with E-state index in [1.54, 1.807) is 0 Å². The summed E-state index contributed by atoms with van der Waals surface area (Å²) >= 11 is 0. The molecule has 112 valence electrons. The van der Waals surface area contributed by atoms with Gasteiger partial charge in [-0.15, -0.1) is 0 Å². The van der Waals surface area contributed by atoms with Crippen LogP contribution in [0.1, 0.15) is 46.0 Å². The minimum atomic E-state index is -0.0701. The molecule has 0 radical (unpaired) electrons. The largest absolute Gasteiger partial charge is 0.377 e. The van der Waals surface area contributed by atoms with E-state index in [2.05, 4.69) is 25.8 Å². The van der Waals surface area contributed by atoms with E-state index in [4.69, 9.17) is 15.2 Å². The normalized spacial score (nSPS) is 35.5. The maximum absolute atomic E-state index is 6.13. The lowest BCUT2D eigenvalue weighted by molar-refractivity contribution is -0.122. The molecule has 2 heterocycles. The van der Waals surface area contributed by atoms with E-state index >= 15 is 0 Å². The van der Waals surface area contributed by atoms with Gasteiger partial charge in [0.05, 0.1) is 11.7 Å². The lowest BCUT2D eigenvalue weighted by Gasteiger charge is -2.50. The highest BCUT2D eigenvalue weighted by molar-refractivity contribution is 4.99. The highest BCUT2D eigenvalue weighted by Gasteiger charge is 2.43. The van der Waals surface area contributed by atoms with Crippen LogP contribution in [0.25, 0.3) is 0 Å². The summed E-state index contributed by atoms with van der Waals surface area (Å²) in [4.78, 5) is 2.44. The zero-order valence-electron chi connectivity index (χ0n) is 12.8. The van der Waals surface area contributed by atoms with Gasteiger partial charge in [0.1, 0.15) is 0 Å². The second-order valence-electron chi connectivity index (χ2n) is 6.83. The Hall–Kier alpha value is -0.160. The van der Waals surface area contributed by atoms with Crippen LogP contribution in [-0.2, 0) is 9.47 Å². The minimum absolute atomic E-state index is 0.0701. The van der Waals surface area contributed by atoms with Crippen molar-refractivity contribution < 1.29 is 9.47 Å². The summed E-state index contributed by atoms with van der Waals surface area (Å²) in [6.45, 7) is 7.75. The van der Waals surface area contributed by atoms with Crippen molar-refractivity contribution in [3.63, 3.8) is 0 Å². The number of hydrogen-bond donors (Lipinski definition) is 1. The quantitative estimate of drug-likeness (QED) is 0.846. The Bertz CT molecular complexity index is 290. The average Bonchev–Trinajstić information content (AvgIpc) is 2.38. The van der Waals surface area contributed by atoms with Crippen LogP contribution < -0.4 is 5.73 Å². The first-order valence-corrected chi connectivity index (χ1v) is 7.64. The Kier molecular flexibility index (Phi) is 4.88. The van der Waals surface area contributed by atoms with E-state index in [1.165, 1.54) is 19.3 Å². The lowest BCUT2D eigenvalue weighted by atomic mass is 9.80. The van der Waals surface area contributed by atoms with Gasteiger partial charge in [-0.3, -0.25) is 4.90 Å². The molecule has 2 unspecified atom stereocenters. The van der Waals surface area contributed by atoms with Gasteiger partial charge in [0.15, 0.2) is 0 Å². The molecule has 2 N–H and O–H groups in total. The molecule has 0 aromatic carbocycles. The number of rotatable bonds is 4. The monoisotopic (exact) mass is 270 g/mol. The van der Waals surface area contributed by atoms with Crippen molar-refractivity contribution in [1.29, 1.82) is 0 Å². The van der Waals surface area contributed by atoms with Gasteiger partial charge in [-0.1, -0.05) is 0 Å². The Balaban J connectivity index is 1.98. The molecule has 2 aliphatic rings. The molecular formula is C15H30N2O2. The molecule has 19 heavy (non-hydrogen) atoms. The second kappa shape index (κ2) is 6.08. The number of likely N-dealkylation sites (N-methyl/N-ethyl adjacent to an activating group) is 1. The Labute approximate surface area is 117 Å². The predicted octanol–water partition coefficient (Wildman–Crippen LogP) is 1.77. The van der Waals surface area contributed by atoms with Gasteiger partial charge in [-0.2, -0.15) is 0 Å². The van der Waals surface area contributed by atoms with Crippen molar-refractivity contribution in [3.05, 3.63) is 0 Å². The Morgan fingerprint density at radius 2 is 2.05 bits per heavy atom. The zero-order valence-corrected chi connectivity index (χ0v) is 12.8. The van der Waals surface area contributed by atoms with Gasteiger partial charge >= 0.3 is 0 Å². The van der Waals surface area contributed by atoms with Crippen molar-refractivity contribution >= 4 is 0 Å². The third-order valence-electron chi connectivity index (χ3n) is 4.76. The molecule has 0 saturated carbocycles. The van der Waals surface area contributed by atoms with E-state index in [9.17, 15) is 0 Å². The molecule has 0 bridgehead atoms. The highest BCUT2D eigenvalue weighted by Crippen LogP contribution is 2.35. The van der Waals surface area contributed by atoms with Gasteiger partial charge in [-0.05, 0) is 53.0 Å². The molecule has 0 aliphatic carbocycles. The summed E-state index contributed by atoms with van der Waals surface area (Å²) in [5, 5.41) is 0. The number of nitrogens with zero attached hydrogens (tertiary/aromatic N) is 1. The summed E-state index contributed by atoms with van der Waals surface area (Å²) < 4.78 is 11.7. The summed E-state index contributed by atoms with van der Waals surface area (Å²) in [6.07, 6.45) is 6.10. The fourth-order valence-corrected chi connectivity index (χ4v) is 3.56. The fraction of sp³-hybridized carbons (Fsp3) is 1.00. The molecule has 4 nitrogen and oxygen atoms in total. The molecule has 2 saturated heterocycles. The van der Waals surface area contributed by atoms with Gasteiger partial charge in [0.25, 0.3) is 0 Å². The number of hydrogen-bond acceptors (Lipinski definition) is 4. The molecule has 2 rings (SSSR count). The SMILES string of the molecule is CN(CC1CCCCO1)C1(CN)CCOC(C)(C)C1. The van der Waals surface area contributed by atoms with Gasteiger partial charge < -0.3 is 15.2 Å². The highest BCUT2D eigenvalue weighted by atomic mass is 16.5. The van der Waals surface area contributed by atoms with Crippen LogP contribution in [0, 0.1) is 0 Å². The van der Waals surface area contributed by atoms with E-state index in [1.807, 2.05) is 0 Å². The molecule has 0 amide bonds. The minimum Gasteiger partial charge on any atom is -0.377 e. The van der Waals surface area contributed by atoms with E-state index in [0.29, 0.717) is 12.6 Å². The van der Waals surface area contributed by atoms with Gasteiger partial charge in [0, 0.05) is 31.8 Å². The standard InChI is InChI=1S/C15H30N2O2/c1-14(2)11-15(12-16,7-9-19-14)17(3)10-13-6-4-5-8-18-13/h13H,4-12,16H2,1-3H3. The average molecular weight is 270 g/mol. The zero-order chi connectivity index (χ0) is 13.9. The summed E-state index contributed by atoms with van der Waals surface area (Å²) in [5.74, 6) is 0. The fourth-order valence-electron chi connectivity index (χ4n) is 3.56. The first-order valence-electron chi connectivity index (χ1n) is 7.64. The number of nitrogens with two attached hydrogens (primary N) is 1. The molecule has 4 heteroatoms. The third kappa shape index (κ3) is 3.69. The van der Waals surface area contributed by atoms with Crippen LogP contribution in [0.15, 0.2) is 0 Å². The molecule has 0 spiro atoms. The van der Waals surface area contributed by atoms with E-state index in [-0.39, 0.29) is 11.1 Å². The Morgan fingerprint density at radius 3 is 2.63 bits per heavy atom. The van der Waals surface area contributed by atoms with Crippen LogP contribution in [-0.4, -0.2) is 55.5 Å². The molecule has 2 atom stereocenters. The van der Waals surface area contributed by atoms with Gasteiger partial charge in [0.2, 0.25) is 0 Å². The van der Waals surface area contributed by atoms with E-state index in [0.717, 1.165) is 32.6 Å². The summed E-state index contributed by atoms with van der Waals surface area (Å²) in [7, 11) is 2.20. The van der Waals surface area contributed by atoms with Crippen LogP contribution in [0.3, 0.4) is 0 Å². The van der Waals surface area contributed by atoms with Crippen molar-refractivity contribution in [2.24, 2.45) is 5.73 Å². The first kappa shape index (κ1) is 15.2. The summed E-state index contributed by atoms with van der Waals surface area (Å²) in [5.41, 5.74) is 6.13. The Morgan fingerprint density at radius 1 is 1.26 bits per heavy atom. The van der Waals surface area contributed by atoms with Crippen LogP contribution >= 0.6 is 0 Å². The molecule has 0 aromatic rings. The van der Waals surface area contributed by atoms with Crippen LogP contribution in [0.5, 0.6) is 0 Å². The maximum atomic E-state index is 6.13. The predicted molar refractivity (Wildman–Crippen MR) is 77.3 cm³/mol. The van der Waals surface area contributed by atoms with E-state index < -0.39 is 0 Å².